The maximum absolute atomic E-state index is 13.1. The zero-order chi connectivity index (χ0) is 24.4. The average molecular weight is 514 g/mol. The number of hydrogen-bond donors (Lipinski definition) is 3. The molecule has 3 N–H and O–H groups in total. The number of carbonyl (C=O) groups is 1. The Kier molecular flexibility index (Phi) is 6.92. The van der Waals surface area contributed by atoms with Crippen molar-refractivity contribution in [2.24, 2.45) is 0 Å². The molecule has 2 aromatic carbocycles. The number of aromatic nitrogens is 2. The number of halogens is 2. The largest absolute Gasteiger partial charge is 0.455 e. The van der Waals surface area contributed by atoms with Gasteiger partial charge >= 0.3 is 0 Å². The Labute approximate surface area is 213 Å². The smallest absolute Gasteiger partial charge is 0.268 e. The van der Waals surface area contributed by atoms with Gasteiger partial charge in [-0.05, 0) is 29.8 Å². The molecular formula is C24H25Cl2N7O2. The number of nitrogens with one attached hydrogen (secondary N) is 3. The molecule has 2 aliphatic heterocycles. The van der Waals surface area contributed by atoms with Crippen LogP contribution in [0.4, 0.5) is 23.0 Å². The first-order chi connectivity index (χ1) is 17.0. The molecule has 1 saturated heterocycles. The lowest BCUT2D eigenvalue weighted by molar-refractivity contribution is 0.0932. The number of hydrogen-bond acceptors (Lipinski definition) is 8. The van der Waals surface area contributed by atoms with Crippen LogP contribution >= 0.6 is 23.2 Å². The SMILES string of the molecule is CNc1cc(Nc2ncc3c(n2)OCN(c2c(Cl)cccc2Cl)C3=O)ccc1CN1CCNCC1. The third-order valence-corrected chi connectivity index (χ3v) is 6.62. The molecule has 35 heavy (non-hydrogen) atoms. The number of piperazine rings is 1. The Balaban J connectivity index is 1.32. The fraction of sp³-hybridized carbons (Fsp3) is 0.292. The number of anilines is 4. The molecule has 1 fully saturated rings. The molecule has 0 bridgehead atoms. The van der Waals surface area contributed by atoms with Crippen molar-refractivity contribution in [2.45, 2.75) is 6.54 Å². The first kappa shape index (κ1) is 23.6. The van der Waals surface area contributed by atoms with Crippen LogP contribution < -0.4 is 25.6 Å². The first-order valence-corrected chi connectivity index (χ1v) is 12.1. The highest BCUT2D eigenvalue weighted by Gasteiger charge is 2.31. The van der Waals surface area contributed by atoms with E-state index in [4.69, 9.17) is 27.9 Å². The number of rotatable bonds is 6. The van der Waals surface area contributed by atoms with Crippen molar-refractivity contribution in [1.29, 1.82) is 0 Å². The van der Waals surface area contributed by atoms with Crippen molar-refractivity contribution in [1.82, 2.24) is 20.2 Å². The summed E-state index contributed by atoms with van der Waals surface area (Å²) < 4.78 is 5.77. The van der Waals surface area contributed by atoms with Gasteiger partial charge < -0.3 is 20.7 Å². The Hall–Kier alpha value is -3.11. The lowest BCUT2D eigenvalue weighted by Gasteiger charge is -2.29. The van der Waals surface area contributed by atoms with Crippen LogP contribution in [0.25, 0.3) is 0 Å². The topological polar surface area (TPSA) is 94.7 Å². The Morgan fingerprint density at radius 2 is 1.91 bits per heavy atom. The van der Waals surface area contributed by atoms with Gasteiger partial charge in [-0.2, -0.15) is 4.98 Å². The molecule has 0 spiro atoms. The van der Waals surface area contributed by atoms with E-state index in [1.807, 2.05) is 19.2 Å². The number of amides is 1. The zero-order valence-corrected chi connectivity index (χ0v) is 20.7. The molecule has 0 aliphatic carbocycles. The third-order valence-electron chi connectivity index (χ3n) is 6.01. The number of para-hydroxylation sites is 1. The van der Waals surface area contributed by atoms with Crippen LogP contribution in [-0.4, -0.2) is 60.7 Å². The van der Waals surface area contributed by atoms with E-state index in [-0.39, 0.29) is 24.1 Å². The number of fused-ring (bicyclic) bond motifs is 1. The van der Waals surface area contributed by atoms with Gasteiger partial charge in [0.25, 0.3) is 5.91 Å². The molecule has 0 unspecified atom stereocenters. The fourth-order valence-corrected chi connectivity index (χ4v) is 4.79. The summed E-state index contributed by atoms with van der Waals surface area (Å²) in [6, 6.07) is 11.2. The van der Waals surface area contributed by atoms with Crippen LogP contribution in [-0.2, 0) is 6.54 Å². The molecule has 182 valence electrons. The van der Waals surface area contributed by atoms with E-state index in [2.05, 4.69) is 36.9 Å². The molecule has 1 amide bonds. The highest BCUT2D eigenvalue weighted by atomic mass is 35.5. The van der Waals surface area contributed by atoms with Crippen molar-refractivity contribution in [3.63, 3.8) is 0 Å². The van der Waals surface area contributed by atoms with Crippen molar-refractivity contribution in [3.05, 3.63) is 63.8 Å². The lowest BCUT2D eigenvalue weighted by Crippen LogP contribution is -2.42. The van der Waals surface area contributed by atoms with Crippen molar-refractivity contribution in [2.75, 3.05) is 55.5 Å². The van der Waals surface area contributed by atoms with E-state index in [0.717, 1.165) is 44.1 Å². The quantitative estimate of drug-likeness (QED) is 0.455. The van der Waals surface area contributed by atoms with Crippen LogP contribution in [0.15, 0.2) is 42.6 Å². The minimum absolute atomic E-state index is 0.0592. The van der Waals surface area contributed by atoms with E-state index in [1.54, 1.807) is 18.2 Å². The summed E-state index contributed by atoms with van der Waals surface area (Å²) in [5.41, 5.74) is 3.71. The summed E-state index contributed by atoms with van der Waals surface area (Å²) in [5.74, 6) is 0.205. The second-order valence-corrected chi connectivity index (χ2v) is 9.08. The second-order valence-electron chi connectivity index (χ2n) is 8.26. The molecule has 5 rings (SSSR count). The average Bonchev–Trinajstić information content (AvgIpc) is 2.87. The molecule has 0 radical (unpaired) electrons. The van der Waals surface area contributed by atoms with Crippen LogP contribution in [0.5, 0.6) is 5.88 Å². The molecule has 0 atom stereocenters. The van der Waals surface area contributed by atoms with Gasteiger partial charge in [-0.3, -0.25) is 14.6 Å². The number of benzene rings is 2. The summed E-state index contributed by atoms with van der Waals surface area (Å²) in [4.78, 5) is 25.6. The second kappa shape index (κ2) is 10.2. The van der Waals surface area contributed by atoms with Crippen LogP contribution in [0.1, 0.15) is 15.9 Å². The van der Waals surface area contributed by atoms with Gasteiger partial charge in [-0.1, -0.05) is 35.3 Å². The number of nitrogens with zero attached hydrogens (tertiary/aromatic N) is 4. The highest BCUT2D eigenvalue weighted by molar-refractivity contribution is 6.40. The fourth-order valence-electron chi connectivity index (χ4n) is 4.19. The molecular weight excluding hydrogens is 489 g/mol. The zero-order valence-electron chi connectivity index (χ0n) is 19.1. The van der Waals surface area contributed by atoms with Gasteiger partial charge in [0.05, 0.1) is 15.7 Å². The Morgan fingerprint density at radius 3 is 2.66 bits per heavy atom. The van der Waals surface area contributed by atoms with Gasteiger partial charge in [-0.15, -0.1) is 0 Å². The molecule has 1 aromatic heterocycles. The summed E-state index contributed by atoms with van der Waals surface area (Å²) in [7, 11) is 1.91. The first-order valence-electron chi connectivity index (χ1n) is 11.3. The summed E-state index contributed by atoms with van der Waals surface area (Å²) in [5, 5.41) is 10.6. The van der Waals surface area contributed by atoms with Crippen molar-refractivity contribution >= 4 is 52.1 Å². The normalized spacial score (nSPS) is 16.0. The Bertz CT molecular complexity index is 1230. The summed E-state index contributed by atoms with van der Waals surface area (Å²) >= 11 is 12.6. The minimum Gasteiger partial charge on any atom is -0.455 e. The number of ether oxygens (including phenoxy) is 1. The van der Waals surface area contributed by atoms with Gasteiger partial charge in [0.15, 0.2) is 6.73 Å². The van der Waals surface area contributed by atoms with E-state index in [9.17, 15) is 4.79 Å². The van der Waals surface area contributed by atoms with Crippen molar-refractivity contribution < 1.29 is 9.53 Å². The van der Waals surface area contributed by atoms with E-state index >= 15 is 0 Å². The van der Waals surface area contributed by atoms with Crippen LogP contribution in [0, 0.1) is 0 Å². The minimum atomic E-state index is -0.331. The third kappa shape index (κ3) is 4.99. The lowest BCUT2D eigenvalue weighted by atomic mass is 10.1. The Morgan fingerprint density at radius 1 is 1.14 bits per heavy atom. The van der Waals surface area contributed by atoms with Crippen molar-refractivity contribution in [3.8, 4) is 5.88 Å². The van der Waals surface area contributed by atoms with Crippen LogP contribution in [0.2, 0.25) is 10.0 Å². The maximum Gasteiger partial charge on any atom is 0.268 e. The molecule has 11 heteroatoms. The summed E-state index contributed by atoms with van der Waals surface area (Å²) in [6.45, 7) is 4.91. The summed E-state index contributed by atoms with van der Waals surface area (Å²) in [6.07, 6.45) is 1.45. The predicted octanol–water partition coefficient (Wildman–Crippen LogP) is 3.97. The standard InChI is InChI=1S/C24H25Cl2N7O2/c1-27-20-11-16(6-5-15(20)13-32-9-7-28-8-10-32)30-24-29-12-17-22(31-24)35-14-33(23(17)34)21-18(25)3-2-4-19(21)26/h2-6,11-12,27-28H,7-10,13-14H2,1H3,(H,29,30,31). The van der Waals surface area contributed by atoms with Crippen LogP contribution in [0.3, 0.4) is 0 Å². The molecule has 2 aliphatic rings. The van der Waals surface area contributed by atoms with E-state index in [1.165, 1.54) is 16.7 Å². The molecule has 9 nitrogen and oxygen atoms in total. The van der Waals surface area contributed by atoms with Gasteiger partial charge in [-0.25, -0.2) is 4.98 Å². The highest BCUT2D eigenvalue weighted by Crippen LogP contribution is 2.37. The monoisotopic (exact) mass is 513 g/mol. The molecule has 0 saturated carbocycles. The van der Waals surface area contributed by atoms with E-state index < -0.39 is 0 Å². The maximum atomic E-state index is 13.1. The molecule has 3 heterocycles. The van der Waals surface area contributed by atoms with Gasteiger partial charge in [0, 0.05) is 57.3 Å². The van der Waals surface area contributed by atoms with E-state index in [0.29, 0.717) is 21.7 Å². The number of carbonyl (C=O) groups excluding carboxylic acids is 1. The van der Waals surface area contributed by atoms with Gasteiger partial charge in [0.2, 0.25) is 11.8 Å². The molecule has 3 aromatic rings. The van der Waals surface area contributed by atoms with Gasteiger partial charge in [0.1, 0.15) is 5.56 Å². The predicted molar refractivity (Wildman–Crippen MR) is 138 cm³/mol.